The Morgan fingerprint density at radius 3 is 2.78 bits per heavy atom. The number of fused-ring (bicyclic) bond motifs is 1. The van der Waals surface area contributed by atoms with Crippen LogP contribution in [0.25, 0.3) is 10.8 Å². The van der Waals surface area contributed by atoms with Crippen LogP contribution in [0.5, 0.6) is 0 Å². The van der Waals surface area contributed by atoms with Gasteiger partial charge in [-0.2, -0.15) is 5.10 Å². The summed E-state index contributed by atoms with van der Waals surface area (Å²) in [5, 5.41) is 17.8. The number of H-pyrrole nitrogens is 1. The number of aromatic nitrogens is 2. The minimum absolute atomic E-state index is 0.0105. The van der Waals surface area contributed by atoms with Crippen LogP contribution >= 0.6 is 15.9 Å². The molecule has 0 aliphatic heterocycles. The Morgan fingerprint density at radius 1 is 1.30 bits per heavy atom. The predicted octanol–water partition coefficient (Wildman–Crippen LogP) is 3.32. The highest BCUT2D eigenvalue weighted by Crippen LogP contribution is 2.25. The Labute approximate surface area is 137 Å². The summed E-state index contributed by atoms with van der Waals surface area (Å²) in [6, 6.07) is 8.90. The minimum Gasteiger partial charge on any atom is -0.267 e. The predicted molar refractivity (Wildman–Crippen MR) is 85.9 cm³/mol. The fourth-order valence-corrected chi connectivity index (χ4v) is 2.81. The number of aromatic amines is 1. The lowest BCUT2D eigenvalue weighted by Crippen LogP contribution is -2.13. The van der Waals surface area contributed by atoms with Gasteiger partial charge in [0.2, 0.25) is 0 Å². The van der Waals surface area contributed by atoms with Gasteiger partial charge in [-0.25, -0.2) is 9.49 Å². The Morgan fingerprint density at radius 2 is 2.09 bits per heavy atom. The molecule has 0 amide bonds. The normalized spacial score (nSPS) is 10.9. The molecule has 0 bridgehead atoms. The van der Waals surface area contributed by atoms with Crippen molar-refractivity contribution in [1.29, 1.82) is 0 Å². The zero-order valence-electron chi connectivity index (χ0n) is 11.5. The van der Waals surface area contributed by atoms with Crippen molar-refractivity contribution in [1.82, 2.24) is 10.2 Å². The maximum absolute atomic E-state index is 13.3. The summed E-state index contributed by atoms with van der Waals surface area (Å²) in [6.45, 7) is 0. The van der Waals surface area contributed by atoms with Crippen LogP contribution < -0.4 is 5.56 Å². The van der Waals surface area contributed by atoms with Crippen LogP contribution in [0.1, 0.15) is 11.3 Å². The van der Waals surface area contributed by atoms with E-state index >= 15 is 0 Å². The highest BCUT2D eigenvalue weighted by atomic mass is 79.9. The van der Waals surface area contributed by atoms with Gasteiger partial charge in [-0.3, -0.25) is 14.9 Å². The van der Waals surface area contributed by atoms with Gasteiger partial charge in [-0.05, 0) is 33.6 Å². The number of non-ortho nitro benzene ring substituents is 1. The van der Waals surface area contributed by atoms with Gasteiger partial charge in [0.25, 0.3) is 11.2 Å². The number of rotatable bonds is 3. The minimum atomic E-state index is -0.615. The number of hydrogen-bond donors (Lipinski definition) is 1. The monoisotopic (exact) mass is 377 g/mol. The smallest absolute Gasteiger partial charge is 0.267 e. The van der Waals surface area contributed by atoms with Crippen LogP contribution in [0.2, 0.25) is 0 Å². The number of nitro benzene ring substituents is 1. The van der Waals surface area contributed by atoms with Crippen LogP contribution in [0.15, 0.2) is 45.7 Å². The maximum atomic E-state index is 13.3. The third-order valence-corrected chi connectivity index (χ3v) is 4.03. The molecule has 116 valence electrons. The molecule has 0 unspecified atom stereocenters. The number of benzene rings is 2. The van der Waals surface area contributed by atoms with E-state index in [1.807, 2.05) is 0 Å². The third kappa shape index (κ3) is 2.85. The molecule has 1 heterocycles. The van der Waals surface area contributed by atoms with Crippen molar-refractivity contribution in [2.24, 2.45) is 0 Å². The molecule has 3 rings (SSSR count). The van der Waals surface area contributed by atoms with Gasteiger partial charge in [0.05, 0.1) is 15.1 Å². The molecule has 0 aliphatic rings. The standard InChI is InChI=1S/C15H9BrFN3O3/c16-10-6-8(4-5-11(10)17)7-12-9-2-1-3-13(20(22)23)14(9)15(21)19-18-12/h1-6H,7H2,(H,19,21). The molecule has 0 fully saturated rings. The third-order valence-electron chi connectivity index (χ3n) is 3.43. The summed E-state index contributed by atoms with van der Waals surface area (Å²) in [7, 11) is 0. The molecule has 6 nitrogen and oxygen atoms in total. The molecule has 2 aromatic carbocycles. The molecule has 0 atom stereocenters. The molecular weight excluding hydrogens is 369 g/mol. The highest BCUT2D eigenvalue weighted by Gasteiger charge is 2.18. The molecule has 3 aromatic rings. The molecular formula is C15H9BrFN3O3. The molecule has 8 heteroatoms. The highest BCUT2D eigenvalue weighted by molar-refractivity contribution is 9.10. The fourth-order valence-electron chi connectivity index (χ4n) is 2.38. The van der Waals surface area contributed by atoms with Gasteiger partial charge in [0.15, 0.2) is 0 Å². The van der Waals surface area contributed by atoms with Gasteiger partial charge >= 0.3 is 0 Å². The molecule has 0 saturated heterocycles. The van der Waals surface area contributed by atoms with Crippen molar-refractivity contribution in [2.45, 2.75) is 6.42 Å². The number of nitro groups is 1. The number of hydrogen-bond acceptors (Lipinski definition) is 4. The first-order valence-corrected chi connectivity index (χ1v) is 7.35. The van der Waals surface area contributed by atoms with E-state index in [2.05, 4.69) is 26.1 Å². The van der Waals surface area contributed by atoms with Crippen LogP contribution in [0.4, 0.5) is 10.1 Å². The summed E-state index contributed by atoms with van der Waals surface area (Å²) in [5.74, 6) is -0.385. The summed E-state index contributed by atoms with van der Waals surface area (Å²) in [5.41, 5.74) is 0.344. The van der Waals surface area contributed by atoms with Crippen LogP contribution in [-0.2, 0) is 6.42 Å². The summed E-state index contributed by atoms with van der Waals surface area (Å²) < 4.78 is 13.6. The second kappa shape index (κ2) is 5.88. The lowest BCUT2D eigenvalue weighted by atomic mass is 10.0. The van der Waals surface area contributed by atoms with Gasteiger partial charge < -0.3 is 0 Å². The van der Waals surface area contributed by atoms with Gasteiger partial charge in [0, 0.05) is 17.9 Å². The first kappa shape index (κ1) is 15.3. The quantitative estimate of drug-likeness (QED) is 0.559. The fraction of sp³-hybridized carbons (Fsp3) is 0.0667. The average Bonchev–Trinajstić information content (AvgIpc) is 2.53. The van der Waals surface area contributed by atoms with Gasteiger partial charge in [-0.1, -0.05) is 18.2 Å². The SMILES string of the molecule is O=c1[nH]nc(Cc2ccc(F)c(Br)c2)c2cccc([N+](=O)[O-])c12. The van der Waals surface area contributed by atoms with Crippen LogP contribution in [0, 0.1) is 15.9 Å². The van der Waals surface area contributed by atoms with Crippen molar-refractivity contribution < 1.29 is 9.31 Å². The van der Waals surface area contributed by atoms with Crippen molar-refractivity contribution >= 4 is 32.4 Å². The average molecular weight is 378 g/mol. The lowest BCUT2D eigenvalue weighted by molar-refractivity contribution is -0.383. The molecule has 23 heavy (non-hydrogen) atoms. The van der Waals surface area contributed by atoms with Crippen molar-refractivity contribution in [2.75, 3.05) is 0 Å². The summed E-state index contributed by atoms with van der Waals surface area (Å²) in [6.07, 6.45) is 0.299. The maximum Gasteiger partial charge on any atom is 0.282 e. The van der Waals surface area contributed by atoms with E-state index < -0.39 is 10.5 Å². The van der Waals surface area contributed by atoms with E-state index in [9.17, 15) is 19.3 Å². The topological polar surface area (TPSA) is 88.9 Å². The Hall–Kier alpha value is -2.61. The summed E-state index contributed by atoms with van der Waals surface area (Å²) in [4.78, 5) is 22.4. The number of halogens is 2. The zero-order chi connectivity index (χ0) is 16.6. The first-order chi connectivity index (χ1) is 11.0. The van der Waals surface area contributed by atoms with E-state index in [1.54, 1.807) is 18.2 Å². The Balaban J connectivity index is 2.17. The van der Waals surface area contributed by atoms with Crippen LogP contribution in [-0.4, -0.2) is 15.1 Å². The van der Waals surface area contributed by atoms with Crippen molar-refractivity contribution in [3.05, 3.63) is 78.4 Å². The molecule has 1 N–H and O–H groups in total. The van der Waals surface area contributed by atoms with Crippen LogP contribution in [0.3, 0.4) is 0 Å². The molecule has 0 spiro atoms. The van der Waals surface area contributed by atoms with E-state index in [4.69, 9.17) is 0 Å². The molecule has 0 radical (unpaired) electrons. The van der Waals surface area contributed by atoms with E-state index in [0.29, 0.717) is 22.0 Å². The van der Waals surface area contributed by atoms with E-state index in [0.717, 1.165) is 5.56 Å². The second-order valence-corrected chi connectivity index (χ2v) is 5.74. The van der Waals surface area contributed by atoms with Gasteiger partial charge in [0.1, 0.15) is 11.2 Å². The zero-order valence-corrected chi connectivity index (χ0v) is 13.1. The first-order valence-electron chi connectivity index (χ1n) is 6.56. The number of nitrogens with one attached hydrogen (secondary N) is 1. The molecule has 1 aromatic heterocycles. The van der Waals surface area contributed by atoms with E-state index in [-0.39, 0.29) is 16.9 Å². The van der Waals surface area contributed by atoms with Gasteiger partial charge in [-0.15, -0.1) is 0 Å². The Kier molecular flexibility index (Phi) is 3.91. The largest absolute Gasteiger partial charge is 0.282 e. The van der Waals surface area contributed by atoms with E-state index in [1.165, 1.54) is 18.2 Å². The number of nitrogens with zero attached hydrogens (tertiary/aromatic N) is 2. The van der Waals surface area contributed by atoms with Crippen molar-refractivity contribution in [3.63, 3.8) is 0 Å². The Bertz CT molecular complexity index is 987. The summed E-state index contributed by atoms with van der Waals surface area (Å²) >= 11 is 3.11. The van der Waals surface area contributed by atoms with Crippen molar-refractivity contribution in [3.8, 4) is 0 Å². The second-order valence-electron chi connectivity index (χ2n) is 4.88. The molecule has 0 saturated carbocycles. The lowest BCUT2D eigenvalue weighted by Gasteiger charge is -2.06. The molecule has 0 aliphatic carbocycles.